The number of halogens is 5. The first-order chi connectivity index (χ1) is 16.7. The van der Waals surface area contributed by atoms with E-state index < -0.39 is 17.9 Å². The van der Waals surface area contributed by atoms with Crippen molar-refractivity contribution in [1.29, 1.82) is 0 Å². The fourth-order valence-electron chi connectivity index (χ4n) is 3.10. The molecule has 0 aliphatic carbocycles. The summed E-state index contributed by atoms with van der Waals surface area (Å²) in [7, 11) is 0. The summed E-state index contributed by atoms with van der Waals surface area (Å²) in [5.74, 6) is -1.60. The van der Waals surface area contributed by atoms with Gasteiger partial charge in [-0.15, -0.1) is 24.5 Å². The zero-order chi connectivity index (χ0) is 26.8. The first kappa shape index (κ1) is 27.8. The van der Waals surface area contributed by atoms with Crippen LogP contribution in [0.3, 0.4) is 0 Å². The largest absolute Gasteiger partial charge is 0.573 e. The molecule has 0 atom stereocenters. The van der Waals surface area contributed by atoms with E-state index in [0.717, 1.165) is 11.3 Å². The Labute approximate surface area is 218 Å². The van der Waals surface area contributed by atoms with E-state index >= 15 is 0 Å². The zero-order valence-electron chi connectivity index (χ0n) is 19.2. The molecule has 12 heteroatoms. The average molecular weight is 562 g/mol. The molecule has 1 N–H and O–H groups in total. The molecular weight excluding hydrogens is 542 g/mol. The molecule has 0 radical (unpaired) electrons. The molecule has 1 aromatic heterocycles. The van der Waals surface area contributed by atoms with Gasteiger partial charge < -0.3 is 14.6 Å². The molecule has 0 saturated carbocycles. The number of benzene rings is 2. The number of rotatable bonds is 9. The first-order valence-corrected chi connectivity index (χ1v) is 12.0. The number of hydrogen-bond donors (Lipinski definition) is 1. The number of thiazole rings is 1. The third kappa shape index (κ3) is 6.68. The van der Waals surface area contributed by atoms with Crippen LogP contribution in [0.25, 0.3) is 10.6 Å². The Morgan fingerprint density at radius 3 is 2.25 bits per heavy atom. The van der Waals surface area contributed by atoms with Crippen molar-refractivity contribution in [1.82, 2.24) is 4.98 Å². The second kappa shape index (κ2) is 10.7. The topological polar surface area (TPSA) is 85.7 Å². The van der Waals surface area contributed by atoms with E-state index in [1.54, 1.807) is 13.0 Å². The van der Waals surface area contributed by atoms with Crippen molar-refractivity contribution < 1.29 is 37.3 Å². The molecule has 2 aromatic carbocycles. The molecule has 0 spiro atoms. The van der Waals surface area contributed by atoms with Crippen LogP contribution in [0.1, 0.15) is 41.2 Å². The summed E-state index contributed by atoms with van der Waals surface area (Å²) in [6.45, 7) is 4.43. The molecule has 1 heterocycles. The summed E-state index contributed by atoms with van der Waals surface area (Å²) in [6.07, 6.45) is -4.43. The van der Waals surface area contributed by atoms with Gasteiger partial charge in [-0.3, -0.25) is 4.79 Å². The summed E-state index contributed by atoms with van der Waals surface area (Å²) < 4.78 is 46.4. The van der Waals surface area contributed by atoms with Crippen LogP contribution in [-0.2, 0) is 11.2 Å². The van der Waals surface area contributed by atoms with Crippen molar-refractivity contribution in [2.45, 2.75) is 45.6 Å². The van der Waals surface area contributed by atoms with E-state index in [1.807, 2.05) is 0 Å². The number of carbonyl (C=O) groups is 2. The fraction of sp³-hybridized carbons (Fsp3) is 0.292. The predicted octanol–water partition coefficient (Wildman–Crippen LogP) is 7.38. The van der Waals surface area contributed by atoms with Crippen molar-refractivity contribution in [3.05, 3.63) is 62.6 Å². The Kier molecular flexibility index (Phi) is 8.22. The second-order valence-electron chi connectivity index (χ2n) is 8.20. The van der Waals surface area contributed by atoms with Crippen molar-refractivity contribution in [3.8, 4) is 22.1 Å². The van der Waals surface area contributed by atoms with E-state index in [9.17, 15) is 27.9 Å². The predicted molar refractivity (Wildman–Crippen MR) is 130 cm³/mol. The summed E-state index contributed by atoms with van der Waals surface area (Å²) in [5, 5.41) is 9.92. The van der Waals surface area contributed by atoms with Crippen LogP contribution in [0.2, 0.25) is 10.0 Å². The lowest BCUT2D eigenvalue weighted by atomic mass is 10.1. The molecular formula is C24H20Cl2F3NO5S. The van der Waals surface area contributed by atoms with Crippen LogP contribution in [0, 0.1) is 6.92 Å². The number of aromatic nitrogens is 1. The number of hydrogen-bond acceptors (Lipinski definition) is 6. The van der Waals surface area contributed by atoms with Crippen molar-refractivity contribution >= 4 is 46.3 Å². The quantitative estimate of drug-likeness (QED) is 0.274. The Balaban J connectivity index is 1.71. The van der Waals surface area contributed by atoms with Crippen molar-refractivity contribution in [2.75, 3.05) is 0 Å². The van der Waals surface area contributed by atoms with Crippen LogP contribution >= 0.6 is 34.5 Å². The number of carbonyl (C=O) groups excluding carboxylic acids is 1. The maximum Gasteiger partial charge on any atom is 0.573 e. The van der Waals surface area contributed by atoms with Crippen molar-refractivity contribution in [2.24, 2.45) is 0 Å². The van der Waals surface area contributed by atoms with E-state index in [1.165, 1.54) is 44.2 Å². The third-order valence-corrected chi connectivity index (χ3v) is 7.16. The Morgan fingerprint density at radius 2 is 1.67 bits per heavy atom. The lowest BCUT2D eigenvalue weighted by Gasteiger charge is -2.23. The number of carboxylic acid groups (broad SMARTS) is 1. The fourth-order valence-corrected chi connectivity index (χ4v) is 4.61. The Morgan fingerprint density at radius 1 is 1.03 bits per heavy atom. The van der Waals surface area contributed by atoms with Crippen LogP contribution in [-0.4, -0.2) is 33.8 Å². The lowest BCUT2D eigenvalue weighted by Crippen LogP contribution is -2.38. The highest BCUT2D eigenvalue weighted by Gasteiger charge is 2.32. The van der Waals surface area contributed by atoms with E-state index in [2.05, 4.69) is 9.72 Å². The summed E-state index contributed by atoms with van der Waals surface area (Å²) >= 11 is 13.7. The third-order valence-electron chi connectivity index (χ3n) is 5.01. The number of aryl methyl sites for hydroxylation is 2. The number of alkyl halides is 3. The molecule has 36 heavy (non-hydrogen) atoms. The van der Waals surface area contributed by atoms with Gasteiger partial charge >= 0.3 is 12.3 Å². The summed E-state index contributed by atoms with van der Waals surface area (Å²) in [5.41, 5.74) is 0.112. The SMILES string of the molecule is Cc1nc(-c2ccc(OC(F)(F)F)cc2)sc1C(=O)CCc1ccc(OC(C)(C)C(=O)O)c(Cl)c1Cl. The minimum Gasteiger partial charge on any atom is -0.478 e. The molecule has 0 aliphatic rings. The summed E-state index contributed by atoms with van der Waals surface area (Å²) in [6, 6.07) is 8.34. The van der Waals surface area contributed by atoms with Gasteiger partial charge in [-0.1, -0.05) is 29.3 Å². The van der Waals surface area contributed by atoms with Gasteiger partial charge in [0.25, 0.3) is 0 Å². The normalized spacial score (nSPS) is 11.9. The van der Waals surface area contributed by atoms with Gasteiger partial charge in [0, 0.05) is 12.0 Å². The molecule has 0 bridgehead atoms. The number of aliphatic carboxylic acids is 1. The number of Topliss-reactive ketones (excluding diaryl/α,β-unsaturated/α-hetero) is 1. The molecule has 0 amide bonds. The molecule has 3 aromatic rings. The highest BCUT2D eigenvalue weighted by atomic mass is 35.5. The number of nitrogens with zero attached hydrogens (tertiary/aromatic N) is 1. The van der Waals surface area contributed by atoms with Gasteiger partial charge in [-0.2, -0.15) is 0 Å². The van der Waals surface area contributed by atoms with Gasteiger partial charge in [0.05, 0.1) is 15.6 Å². The van der Waals surface area contributed by atoms with Crippen LogP contribution in [0.15, 0.2) is 36.4 Å². The van der Waals surface area contributed by atoms with E-state index in [-0.39, 0.29) is 40.2 Å². The van der Waals surface area contributed by atoms with Gasteiger partial charge in [-0.25, -0.2) is 9.78 Å². The first-order valence-electron chi connectivity index (χ1n) is 10.4. The highest BCUT2D eigenvalue weighted by molar-refractivity contribution is 7.17. The molecule has 6 nitrogen and oxygen atoms in total. The number of carboxylic acids is 1. The Hall–Kier alpha value is -2.82. The van der Waals surface area contributed by atoms with Crippen LogP contribution in [0.4, 0.5) is 13.2 Å². The van der Waals surface area contributed by atoms with Crippen molar-refractivity contribution in [3.63, 3.8) is 0 Å². The molecule has 0 fully saturated rings. The van der Waals surface area contributed by atoms with E-state index in [0.29, 0.717) is 26.7 Å². The number of ketones is 1. The maximum absolute atomic E-state index is 12.9. The monoisotopic (exact) mass is 561 g/mol. The molecule has 0 saturated heterocycles. The molecule has 192 valence electrons. The number of ether oxygens (including phenoxy) is 2. The Bertz CT molecular complexity index is 1290. The van der Waals surface area contributed by atoms with Gasteiger partial charge in [-0.05, 0) is 63.1 Å². The standard InChI is InChI=1S/C24H20Cl2F3NO5S/c1-12-20(36-21(30-12)14-4-8-15(9-5-14)34-24(27,28)29)16(31)10-6-13-7-11-17(19(26)18(13)25)35-23(2,3)22(32)33/h4-5,7-9,11H,6,10H2,1-3H3,(H,32,33). The van der Waals surface area contributed by atoms with E-state index in [4.69, 9.17) is 27.9 Å². The smallest absolute Gasteiger partial charge is 0.478 e. The van der Waals surface area contributed by atoms with Gasteiger partial charge in [0.2, 0.25) is 0 Å². The van der Waals surface area contributed by atoms with Crippen LogP contribution in [0.5, 0.6) is 11.5 Å². The molecule has 3 rings (SSSR count). The zero-order valence-corrected chi connectivity index (χ0v) is 21.5. The molecule has 0 aliphatic heterocycles. The maximum atomic E-state index is 12.9. The second-order valence-corrected chi connectivity index (χ2v) is 9.95. The minimum atomic E-state index is -4.78. The minimum absolute atomic E-state index is 0.0464. The average Bonchev–Trinajstić information content (AvgIpc) is 3.17. The summed E-state index contributed by atoms with van der Waals surface area (Å²) in [4.78, 5) is 29.0. The van der Waals surface area contributed by atoms with Gasteiger partial charge in [0.1, 0.15) is 21.5 Å². The highest BCUT2D eigenvalue weighted by Crippen LogP contribution is 2.37. The lowest BCUT2D eigenvalue weighted by molar-refractivity contribution is -0.274. The van der Waals surface area contributed by atoms with Gasteiger partial charge in [0.15, 0.2) is 11.4 Å². The van der Waals surface area contributed by atoms with Crippen LogP contribution < -0.4 is 9.47 Å². The molecule has 0 unspecified atom stereocenters.